The number of hydrogen-bond donors (Lipinski definition) is 1. The Hall–Kier alpha value is -1.70. The van der Waals surface area contributed by atoms with E-state index in [-0.39, 0.29) is 0 Å². The van der Waals surface area contributed by atoms with E-state index in [0.29, 0.717) is 22.4 Å². The smallest absolute Gasteiger partial charge is 0.185 e. The van der Waals surface area contributed by atoms with Crippen LogP contribution in [0.5, 0.6) is 0 Å². The molecular weight excluding hydrogens is 214 g/mol. The molecular formula is C7H9N7S. The molecule has 0 saturated heterocycles. The second kappa shape index (κ2) is 4.22. The highest BCUT2D eigenvalue weighted by atomic mass is 32.2. The van der Waals surface area contributed by atoms with Crippen molar-refractivity contribution >= 4 is 17.6 Å². The van der Waals surface area contributed by atoms with Gasteiger partial charge in [0, 0.05) is 12.4 Å². The molecule has 0 aliphatic heterocycles. The van der Waals surface area contributed by atoms with Gasteiger partial charge in [-0.15, -0.1) is 10.2 Å². The van der Waals surface area contributed by atoms with Crippen LogP contribution in [0.15, 0.2) is 17.4 Å². The van der Waals surface area contributed by atoms with Gasteiger partial charge in [0.15, 0.2) is 11.6 Å². The summed E-state index contributed by atoms with van der Waals surface area (Å²) in [5, 5.41) is 12.3. The Morgan fingerprint density at radius 3 is 2.87 bits per heavy atom. The normalized spacial score (nSPS) is 10.5. The van der Waals surface area contributed by atoms with Crippen LogP contribution in [0.4, 0.5) is 5.82 Å². The van der Waals surface area contributed by atoms with Crippen LogP contribution >= 0.6 is 11.8 Å². The number of tetrazole rings is 1. The molecule has 0 atom stereocenters. The number of hydrogen-bond acceptors (Lipinski definition) is 7. The van der Waals surface area contributed by atoms with E-state index in [9.17, 15) is 0 Å². The van der Waals surface area contributed by atoms with Crippen molar-refractivity contribution in [2.24, 2.45) is 7.05 Å². The molecule has 2 aromatic rings. The van der Waals surface area contributed by atoms with E-state index in [1.807, 2.05) is 0 Å². The van der Waals surface area contributed by atoms with Gasteiger partial charge < -0.3 is 5.73 Å². The Balaban J connectivity index is 2.02. The Morgan fingerprint density at radius 1 is 1.40 bits per heavy atom. The van der Waals surface area contributed by atoms with Crippen LogP contribution in [-0.4, -0.2) is 30.2 Å². The van der Waals surface area contributed by atoms with Crippen molar-refractivity contribution in [3.8, 4) is 0 Å². The van der Waals surface area contributed by atoms with E-state index in [1.165, 1.54) is 16.6 Å². The lowest BCUT2D eigenvalue weighted by molar-refractivity contribution is 0.628. The first-order valence-electron chi connectivity index (χ1n) is 4.18. The molecule has 2 heterocycles. The van der Waals surface area contributed by atoms with E-state index < -0.39 is 0 Å². The van der Waals surface area contributed by atoms with Gasteiger partial charge in [-0.25, -0.2) is 9.97 Å². The number of aryl methyl sites for hydroxylation is 1. The largest absolute Gasteiger partial charge is 0.381 e. The number of rotatable bonds is 3. The molecule has 0 spiro atoms. The zero-order chi connectivity index (χ0) is 10.7. The second-order valence-corrected chi connectivity index (χ2v) is 3.69. The van der Waals surface area contributed by atoms with Crippen molar-refractivity contribution in [1.29, 1.82) is 0 Å². The second-order valence-electron chi connectivity index (χ2n) is 2.73. The number of nitrogen functional groups attached to an aromatic ring is 1. The van der Waals surface area contributed by atoms with Crippen LogP contribution in [-0.2, 0) is 12.8 Å². The lowest BCUT2D eigenvalue weighted by atomic mass is 10.7. The quantitative estimate of drug-likeness (QED) is 0.724. The summed E-state index contributed by atoms with van der Waals surface area (Å²) in [6.45, 7) is 0. The van der Waals surface area contributed by atoms with Crippen LogP contribution in [0.25, 0.3) is 0 Å². The molecule has 2 N–H and O–H groups in total. The van der Waals surface area contributed by atoms with Crippen LogP contribution in [0.2, 0.25) is 0 Å². The minimum absolute atomic E-state index is 0.423. The first kappa shape index (κ1) is 9.84. The highest BCUT2D eigenvalue weighted by molar-refractivity contribution is 7.98. The molecule has 0 aliphatic carbocycles. The van der Waals surface area contributed by atoms with Crippen molar-refractivity contribution in [1.82, 2.24) is 30.2 Å². The SMILES string of the molecule is Cn1nnc(CSc2nccnc2N)n1. The Labute approximate surface area is 90.1 Å². The number of anilines is 1. The van der Waals surface area contributed by atoms with Crippen molar-refractivity contribution in [3.63, 3.8) is 0 Å². The summed E-state index contributed by atoms with van der Waals surface area (Å²) in [6, 6.07) is 0. The summed E-state index contributed by atoms with van der Waals surface area (Å²) in [7, 11) is 1.72. The molecule has 0 saturated carbocycles. The van der Waals surface area contributed by atoms with Gasteiger partial charge in [-0.1, -0.05) is 11.8 Å². The molecule has 2 rings (SSSR count). The van der Waals surface area contributed by atoms with E-state index in [1.54, 1.807) is 19.4 Å². The fourth-order valence-electron chi connectivity index (χ4n) is 0.961. The van der Waals surface area contributed by atoms with Crippen molar-refractivity contribution < 1.29 is 0 Å². The van der Waals surface area contributed by atoms with Crippen LogP contribution in [0, 0.1) is 0 Å². The van der Waals surface area contributed by atoms with Gasteiger partial charge in [0.1, 0.15) is 5.03 Å². The Kier molecular flexibility index (Phi) is 2.77. The number of nitrogens with zero attached hydrogens (tertiary/aromatic N) is 6. The number of aromatic nitrogens is 6. The van der Waals surface area contributed by atoms with Crippen molar-refractivity contribution in [2.45, 2.75) is 10.8 Å². The molecule has 2 aromatic heterocycles. The lowest BCUT2D eigenvalue weighted by Gasteiger charge is -1.99. The van der Waals surface area contributed by atoms with Crippen molar-refractivity contribution in [3.05, 3.63) is 18.2 Å². The third-order valence-electron chi connectivity index (χ3n) is 1.58. The van der Waals surface area contributed by atoms with Gasteiger partial charge in [0.05, 0.1) is 12.8 Å². The van der Waals surface area contributed by atoms with Gasteiger partial charge in [-0.3, -0.25) is 0 Å². The first-order chi connectivity index (χ1) is 7.25. The van der Waals surface area contributed by atoms with E-state index in [2.05, 4.69) is 25.4 Å². The maximum Gasteiger partial charge on any atom is 0.185 e. The fourth-order valence-corrected chi connectivity index (χ4v) is 1.68. The van der Waals surface area contributed by atoms with Gasteiger partial charge >= 0.3 is 0 Å². The third kappa shape index (κ3) is 2.40. The van der Waals surface area contributed by atoms with Crippen LogP contribution in [0.3, 0.4) is 0 Å². The third-order valence-corrected chi connectivity index (χ3v) is 2.57. The van der Waals surface area contributed by atoms with Gasteiger partial charge in [-0.2, -0.15) is 4.80 Å². The molecule has 0 aliphatic rings. The van der Waals surface area contributed by atoms with Crippen LogP contribution < -0.4 is 5.73 Å². The number of thioether (sulfide) groups is 1. The average molecular weight is 223 g/mol. The summed E-state index contributed by atoms with van der Waals surface area (Å²) in [5.41, 5.74) is 5.63. The predicted molar refractivity (Wildman–Crippen MR) is 54.8 cm³/mol. The molecule has 7 nitrogen and oxygen atoms in total. The molecule has 0 unspecified atom stereocenters. The summed E-state index contributed by atoms with van der Waals surface area (Å²) in [5.74, 6) is 1.65. The van der Waals surface area contributed by atoms with E-state index >= 15 is 0 Å². The topological polar surface area (TPSA) is 95.4 Å². The standard InChI is InChI=1S/C7H9N7S/c1-14-12-5(11-13-14)4-15-7-6(8)9-2-3-10-7/h2-3H,4H2,1H3,(H2,8,9). The van der Waals surface area contributed by atoms with E-state index in [4.69, 9.17) is 5.73 Å². The van der Waals surface area contributed by atoms with E-state index in [0.717, 1.165) is 0 Å². The predicted octanol–water partition coefficient (Wildman–Crippen LogP) is -0.125. The average Bonchev–Trinajstić information content (AvgIpc) is 2.63. The number of nitrogens with two attached hydrogens (primary N) is 1. The lowest BCUT2D eigenvalue weighted by Crippen LogP contribution is -1.96. The maximum atomic E-state index is 5.63. The fraction of sp³-hybridized carbons (Fsp3) is 0.286. The van der Waals surface area contributed by atoms with Crippen molar-refractivity contribution in [2.75, 3.05) is 5.73 Å². The van der Waals surface area contributed by atoms with Gasteiger partial charge in [-0.05, 0) is 5.21 Å². The molecule has 0 aromatic carbocycles. The molecule has 0 radical (unpaired) electrons. The van der Waals surface area contributed by atoms with Crippen LogP contribution in [0.1, 0.15) is 5.82 Å². The molecule has 8 heteroatoms. The summed E-state index contributed by atoms with van der Waals surface area (Å²) < 4.78 is 0. The maximum absolute atomic E-state index is 5.63. The monoisotopic (exact) mass is 223 g/mol. The first-order valence-corrected chi connectivity index (χ1v) is 5.16. The Bertz CT molecular complexity index is 454. The van der Waals surface area contributed by atoms with Gasteiger partial charge in [0.2, 0.25) is 0 Å². The molecule has 78 valence electrons. The molecule has 0 fully saturated rings. The highest BCUT2D eigenvalue weighted by Gasteiger charge is 2.05. The minimum Gasteiger partial charge on any atom is -0.381 e. The molecule has 0 bridgehead atoms. The van der Waals surface area contributed by atoms with Gasteiger partial charge in [0.25, 0.3) is 0 Å². The zero-order valence-corrected chi connectivity index (χ0v) is 8.85. The summed E-state index contributed by atoms with van der Waals surface area (Å²) >= 11 is 1.44. The summed E-state index contributed by atoms with van der Waals surface area (Å²) in [4.78, 5) is 9.43. The minimum atomic E-state index is 0.423. The Morgan fingerprint density at radius 2 is 2.20 bits per heavy atom. The molecule has 15 heavy (non-hydrogen) atoms. The zero-order valence-electron chi connectivity index (χ0n) is 8.03. The summed E-state index contributed by atoms with van der Waals surface area (Å²) in [6.07, 6.45) is 3.16. The molecule has 0 amide bonds. The highest BCUT2D eigenvalue weighted by Crippen LogP contribution is 2.22.